The van der Waals surface area contributed by atoms with Crippen LogP contribution in [0.4, 0.5) is 0 Å². The number of rotatable bonds is 5. The second-order valence-electron chi connectivity index (χ2n) is 4.38. The Balaban J connectivity index is 1.71. The highest BCUT2D eigenvalue weighted by Crippen LogP contribution is 2.15. The third-order valence-corrected chi connectivity index (χ3v) is 3.12. The molecule has 0 aliphatic carbocycles. The van der Waals surface area contributed by atoms with Crippen molar-refractivity contribution in [3.8, 4) is 0 Å². The Morgan fingerprint density at radius 1 is 1.31 bits per heavy atom. The monoisotopic (exact) mass is 216 g/mol. The Morgan fingerprint density at radius 2 is 2.12 bits per heavy atom. The zero-order valence-corrected chi connectivity index (χ0v) is 9.56. The highest BCUT2D eigenvalue weighted by atomic mass is 16.1. The first-order valence-corrected chi connectivity index (χ1v) is 6.11. The van der Waals surface area contributed by atoms with Gasteiger partial charge in [-0.3, -0.25) is 4.79 Å². The fourth-order valence-corrected chi connectivity index (χ4v) is 2.19. The lowest BCUT2D eigenvalue weighted by Gasteiger charge is -2.07. The van der Waals surface area contributed by atoms with Gasteiger partial charge in [-0.2, -0.15) is 0 Å². The normalized spacial score (nSPS) is 19.9. The lowest BCUT2D eigenvalue weighted by atomic mass is 10.0. The average molecular weight is 216 g/mol. The molecule has 0 amide bonds. The van der Waals surface area contributed by atoms with Crippen LogP contribution in [0.1, 0.15) is 42.5 Å². The topological polar surface area (TPSA) is 31.2 Å². The van der Waals surface area contributed by atoms with Crippen LogP contribution in [0.3, 0.4) is 0 Å². The second-order valence-corrected chi connectivity index (χ2v) is 4.38. The largest absolute Gasteiger partial charge is 0.294 e. The van der Waals surface area contributed by atoms with Crippen LogP contribution < -0.4 is 5.32 Å². The summed E-state index contributed by atoms with van der Waals surface area (Å²) in [6.45, 7) is 1.03. The lowest BCUT2D eigenvalue weighted by Crippen LogP contribution is -2.14. The van der Waals surface area contributed by atoms with Crippen molar-refractivity contribution in [3.05, 3.63) is 35.9 Å². The number of Topliss-reactive ketones (excluding diaryl/α,β-unsaturated/α-hetero) is 1. The number of hydrogen-bond donors (Lipinski definition) is 0. The van der Waals surface area contributed by atoms with Gasteiger partial charge in [0.15, 0.2) is 5.78 Å². The highest BCUT2D eigenvalue weighted by molar-refractivity contribution is 5.95. The lowest BCUT2D eigenvalue weighted by molar-refractivity contribution is 0.0978. The maximum atomic E-state index is 11.8. The van der Waals surface area contributed by atoms with Crippen molar-refractivity contribution < 1.29 is 4.79 Å². The molecule has 1 saturated heterocycles. The van der Waals surface area contributed by atoms with E-state index in [4.69, 9.17) is 0 Å². The standard InChI is InChI=1S/C14H18NO/c16-14(12-6-2-1-3-7-12)10-4-8-13-9-5-11-15-13/h1-3,6-7,13H,4-5,8-11H2. The molecule has 1 aromatic rings. The van der Waals surface area contributed by atoms with Crippen LogP contribution in [0.2, 0.25) is 0 Å². The molecule has 1 heterocycles. The van der Waals surface area contributed by atoms with Crippen molar-refractivity contribution in [2.24, 2.45) is 0 Å². The highest BCUT2D eigenvalue weighted by Gasteiger charge is 2.15. The molecule has 1 atom stereocenters. The van der Waals surface area contributed by atoms with Gasteiger partial charge in [0.1, 0.15) is 0 Å². The number of nitrogens with zero attached hydrogens (tertiary/aromatic N) is 1. The molecular weight excluding hydrogens is 198 g/mol. The Morgan fingerprint density at radius 3 is 2.81 bits per heavy atom. The van der Waals surface area contributed by atoms with Gasteiger partial charge >= 0.3 is 0 Å². The second kappa shape index (κ2) is 5.80. The molecule has 0 bridgehead atoms. The molecule has 2 heteroatoms. The molecule has 16 heavy (non-hydrogen) atoms. The molecule has 1 aliphatic heterocycles. The molecular formula is C14H18NO. The maximum Gasteiger partial charge on any atom is 0.162 e. The molecule has 1 radical (unpaired) electrons. The van der Waals surface area contributed by atoms with Crippen molar-refractivity contribution in [1.82, 2.24) is 5.32 Å². The molecule has 1 aromatic carbocycles. The summed E-state index contributed by atoms with van der Waals surface area (Å²) in [5.41, 5.74) is 0.839. The van der Waals surface area contributed by atoms with E-state index in [-0.39, 0.29) is 5.78 Å². The van der Waals surface area contributed by atoms with Crippen molar-refractivity contribution in [2.75, 3.05) is 6.54 Å². The van der Waals surface area contributed by atoms with E-state index >= 15 is 0 Å². The Labute approximate surface area is 97.1 Å². The Bertz CT molecular complexity index is 328. The van der Waals surface area contributed by atoms with E-state index in [1.54, 1.807) is 0 Å². The van der Waals surface area contributed by atoms with Gasteiger partial charge in [-0.1, -0.05) is 30.3 Å². The van der Waals surface area contributed by atoms with Crippen LogP contribution in [-0.4, -0.2) is 18.4 Å². The zero-order chi connectivity index (χ0) is 11.2. The van der Waals surface area contributed by atoms with Crippen LogP contribution in [0.25, 0.3) is 0 Å². The molecule has 0 N–H and O–H groups in total. The summed E-state index contributed by atoms with van der Waals surface area (Å²) >= 11 is 0. The summed E-state index contributed by atoms with van der Waals surface area (Å²) in [7, 11) is 0. The molecule has 0 saturated carbocycles. The van der Waals surface area contributed by atoms with E-state index in [2.05, 4.69) is 5.32 Å². The molecule has 2 rings (SSSR count). The fraction of sp³-hybridized carbons (Fsp3) is 0.500. The van der Waals surface area contributed by atoms with Gasteiger partial charge in [0, 0.05) is 24.6 Å². The van der Waals surface area contributed by atoms with E-state index in [9.17, 15) is 4.79 Å². The van der Waals surface area contributed by atoms with Crippen molar-refractivity contribution in [3.63, 3.8) is 0 Å². The van der Waals surface area contributed by atoms with Crippen molar-refractivity contribution in [2.45, 2.75) is 38.1 Å². The number of carbonyl (C=O) groups excluding carboxylic acids is 1. The summed E-state index contributed by atoms with van der Waals surface area (Å²) in [4.78, 5) is 11.8. The maximum absolute atomic E-state index is 11.8. The first-order chi connectivity index (χ1) is 7.86. The van der Waals surface area contributed by atoms with Crippen LogP contribution in [0.15, 0.2) is 30.3 Å². The predicted molar refractivity (Wildman–Crippen MR) is 64.6 cm³/mol. The van der Waals surface area contributed by atoms with E-state index < -0.39 is 0 Å². The minimum Gasteiger partial charge on any atom is -0.294 e. The smallest absolute Gasteiger partial charge is 0.162 e. The summed E-state index contributed by atoms with van der Waals surface area (Å²) in [6.07, 6.45) is 5.17. The zero-order valence-electron chi connectivity index (χ0n) is 9.56. The number of hydrogen-bond acceptors (Lipinski definition) is 1. The van der Waals surface area contributed by atoms with Crippen molar-refractivity contribution >= 4 is 5.78 Å². The van der Waals surface area contributed by atoms with Crippen LogP contribution >= 0.6 is 0 Å². The number of benzene rings is 1. The molecule has 1 aliphatic rings. The minimum atomic E-state index is 0.263. The summed E-state index contributed by atoms with van der Waals surface area (Å²) in [6, 6.07) is 10.1. The van der Waals surface area contributed by atoms with E-state index in [1.165, 1.54) is 12.8 Å². The van der Waals surface area contributed by atoms with E-state index in [0.29, 0.717) is 12.5 Å². The average Bonchev–Trinajstić information content (AvgIpc) is 2.83. The third kappa shape index (κ3) is 3.17. The van der Waals surface area contributed by atoms with Gasteiger partial charge in [-0.25, -0.2) is 5.32 Å². The van der Waals surface area contributed by atoms with Crippen LogP contribution in [0.5, 0.6) is 0 Å². The molecule has 0 aromatic heterocycles. The van der Waals surface area contributed by atoms with Gasteiger partial charge in [-0.15, -0.1) is 0 Å². The molecule has 1 unspecified atom stereocenters. The van der Waals surface area contributed by atoms with Crippen molar-refractivity contribution in [1.29, 1.82) is 0 Å². The van der Waals surface area contributed by atoms with Gasteiger partial charge < -0.3 is 0 Å². The van der Waals surface area contributed by atoms with Gasteiger partial charge in [0.2, 0.25) is 0 Å². The summed E-state index contributed by atoms with van der Waals surface area (Å²) in [5.74, 6) is 0.263. The molecule has 0 spiro atoms. The van der Waals surface area contributed by atoms with Gasteiger partial charge in [-0.05, 0) is 25.7 Å². The first-order valence-electron chi connectivity index (χ1n) is 6.11. The summed E-state index contributed by atoms with van der Waals surface area (Å²) < 4.78 is 0. The number of carbonyl (C=O) groups is 1. The fourth-order valence-electron chi connectivity index (χ4n) is 2.19. The molecule has 85 valence electrons. The van der Waals surface area contributed by atoms with Crippen LogP contribution in [-0.2, 0) is 0 Å². The first kappa shape index (κ1) is 11.3. The van der Waals surface area contributed by atoms with E-state index in [1.807, 2.05) is 30.3 Å². The number of ketones is 1. The van der Waals surface area contributed by atoms with Crippen LogP contribution in [0, 0.1) is 0 Å². The third-order valence-electron chi connectivity index (χ3n) is 3.12. The predicted octanol–water partition coefficient (Wildman–Crippen LogP) is 2.81. The molecule has 1 fully saturated rings. The molecule has 2 nitrogen and oxygen atoms in total. The van der Waals surface area contributed by atoms with Gasteiger partial charge in [0.05, 0.1) is 0 Å². The summed E-state index contributed by atoms with van der Waals surface area (Å²) in [5, 5.41) is 4.49. The Hall–Kier alpha value is -1.15. The van der Waals surface area contributed by atoms with E-state index in [0.717, 1.165) is 24.9 Å². The van der Waals surface area contributed by atoms with Gasteiger partial charge in [0.25, 0.3) is 0 Å². The Kier molecular flexibility index (Phi) is 4.11. The quantitative estimate of drug-likeness (QED) is 0.696. The minimum absolute atomic E-state index is 0.263. The SMILES string of the molecule is O=C(CCCC1CCC[N]1)c1ccccc1.